The van der Waals surface area contributed by atoms with Crippen LogP contribution in [-0.4, -0.2) is 48.0 Å². The minimum Gasteiger partial charge on any atom is -0.486 e. The van der Waals surface area contributed by atoms with Crippen molar-refractivity contribution in [3.05, 3.63) is 75.2 Å². The zero-order chi connectivity index (χ0) is 23.1. The van der Waals surface area contributed by atoms with Gasteiger partial charge in [0, 0.05) is 24.2 Å². The third-order valence-electron chi connectivity index (χ3n) is 5.27. The lowest BCUT2D eigenvalue weighted by molar-refractivity contribution is 0.201. The Kier molecular flexibility index (Phi) is 8.25. The number of rotatable bonds is 9. The van der Waals surface area contributed by atoms with Gasteiger partial charge in [0.25, 0.3) is 0 Å². The molecule has 3 rings (SSSR count). The van der Waals surface area contributed by atoms with E-state index in [0.29, 0.717) is 19.7 Å². The molecule has 3 aromatic rings. The Morgan fingerprint density at radius 1 is 1.06 bits per heavy atom. The van der Waals surface area contributed by atoms with E-state index in [9.17, 15) is 4.79 Å². The molecule has 0 radical (unpaired) electrons. The third kappa shape index (κ3) is 6.80. The molecule has 0 saturated carbocycles. The highest BCUT2D eigenvalue weighted by Crippen LogP contribution is 2.22. The van der Waals surface area contributed by atoms with Crippen molar-refractivity contribution < 1.29 is 9.53 Å². The first-order valence-electron chi connectivity index (χ1n) is 10.7. The minimum absolute atomic E-state index is 0.128. The van der Waals surface area contributed by atoms with Gasteiger partial charge in [-0.05, 0) is 64.2 Å². The third-order valence-corrected chi connectivity index (χ3v) is 6.14. The lowest BCUT2D eigenvalue weighted by atomic mass is 10.1. The van der Waals surface area contributed by atoms with E-state index < -0.39 is 0 Å². The summed E-state index contributed by atoms with van der Waals surface area (Å²) in [6.45, 7) is 8.41. The van der Waals surface area contributed by atoms with Crippen LogP contribution in [-0.2, 0) is 13.2 Å². The summed E-state index contributed by atoms with van der Waals surface area (Å²) in [5.74, 6) is 0.881. The van der Waals surface area contributed by atoms with Gasteiger partial charge in [0.2, 0.25) is 0 Å². The highest BCUT2D eigenvalue weighted by atomic mass is 32.1. The average Bonchev–Trinajstić information content (AvgIpc) is 3.21. The Morgan fingerprint density at radius 3 is 2.53 bits per heavy atom. The molecular weight excluding hydrogens is 420 g/mol. The van der Waals surface area contributed by atoms with Gasteiger partial charge in [-0.3, -0.25) is 0 Å². The molecule has 0 aliphatic heterocycles. The lowest BCUT2D eigenvalue weighted by Gasteiger charge is -2.24. The van der Waals surface area contributed by atoms with Gasteiger partial charge in [-0.2, -0.15) is 0 Å². The van der Waals surface area contributed by atoms with Crippen LogP contribution >= 0.6 is 11.3 Å². The summed E-state index contributed by atoms with van der Waals surface area (Å²) in [6, 6.07) is 13.7. The molecule has 2 amide bonds. The van der Waals surface area contributed by atoms with E-state index in [2.05, 4.69) is 30.1 Å². The number of likely N-dealkylation sites (N-methyl/N-ethyl adjacent to an activating group) is 1. The molecule has 0 saturated heterocycles. The number of ether oxygens (including phenoxy) is 1. The van der Waals surface area contributed by atoms with Crippen molar-refractivity contribution in [2.24, 2.45) is 0 Å². The standard InChI is InChI=1S/C25H32N4O2S/c1-18-9-11-21(12-10-18)27-25(30)29(14-13-28(4)5)15-22-17-32-24(26-22)16-31-23-8-6-7-19(2)20(23)3/h6-12,17H,13-16H2,1-5H3,(H,27,30). The normalized spacial score (nSPS) is 10.9. The van der Waals surface area contributed by atoms with Crippen LogP contribution in [0.4, 0.5) is 10.5 Å². The van der Waals surface area contributed by atoms with Crippen LogP contribution in [0, 0.1) is 20.8 Å². The first-order valence-corrected chi connectivity index (χ1v) is 11.6. The monoisotopic (exact) mass is 452 g/mol. The molecule has 1 heterocycles. The van der Waals surface area contributed by atoms with Gasteiger partial charge in [-0.1, -0.05) is 29.8 Å². The smallest absolute Gasteiger partial charge is 0.322 e. The van der Waals surface area contributed by atoms with Gasteiger partial charge in [0.1, 0.15) is 17.4 Å². The first kappa shape index (κ1) is 23.8. The van der Waals surface area contributed by atoms with E-state index in [1.54, 1.807) is 16.2 Å². The molecule has 1 N–H and O–H groups in total. The van der Waals surface area contributed by atoms with Crippen LogP contribution < -0.4 is 10.1 Å². The number of hydrogen-bond donors (Lipinski definition) is 1. The highest BCUT2D eigenvalue weighted by molar-refractivity contribution is 7.09. The van der Waals surface area contributed by atoms with E-state index >= 15 is 0 Å². The van der Waals surface area contributed by atoms with Crippen LogP contribution in [0.5, 0.6) is 5.75 Å². The maximum absolute atomic E-state index is 12.9. The van der Waals surface area contributed by atoms with Crippen LogP contribution in [0.15, 0.2) is 47.8 Å². The second-order valence-corrected chi connectivity index (χ2v) is 9.18. The van der Waals surface area contributed by atoms with Gasteiger partial charge >= 0.3 is 6.03 Å². The van der Waals surface area contributed by atoms with Gasteiger partial charge in [-0.15, -0.1) is 11.3 Å². The molecule has 2 aromatic carbocycles. The molecule has 0 aliphatic carbocycles. The number of carbonyl (C=O) groups is 1. The number of aromatic nitrogens is 1. The summed E-state index contributed by atoms with van der Waals surface area (Å²) in [7, 11) is 4.00. The number of benzene rings is 2. The molecule has 0 bridgehead atoms. The van der Waals surface area contributed by atoms with Crippen molar-refractivity contribution in [1.82, 2.24) is 14.8 Å². The second-order valence-electron chi connectivity index (χ2n) is 8.24. The van der Waals surface area contributed by atoms with Crippen molar-refractivity contribution in [2.45, 2.75) is 33.9 Å². The molecule has 170 valence electrons. The first-order chi connectivity index (χ1) is 15.3. The average molecular weight is 453 g/mol. The maximum atomic E-state index is 12.9. The van der Waals surface area contributed by atoms with Crippen molar-refractivity contribution in [2.75, 3.05) is 32.5 Å². The van der Waals surface area contributed by atoms with E-state index in [1.165, 1.54) is 5.56 Å². The minimum atomic E-state index is -0.128. The zero-order valence-corrected chi connectivity index (χ0v) is 20.3. The van der Waals surface area contributed by atoms with Crippen LogP contribution in [0.3, 0.4) is 0 Å². The molecule has 6 nitrogen and oxygen atoms in total. The Hall–Kier alpha value is -2.90. The van der Waals surface area contributed by atoms with Crippen molar-refractivity contribution in [3.63, 3.8) is 0 Å². The van der Waals surface area contributed by atoms with Gasteiger partial charge in [-0.25, -0.2) is 9.78 Å². The van der Waals surface area contributed by atoms with Crippen LogP contribution in [0.2, 0.25) is 0 Å². The molecule has 0 spiro atoms. The number of anilines is 1. The Balaban J connectivity index is 1.63. The number of hydrogen-bond acceptors (Lipinski definition) is 5. The van der Waals surface area contributed by atoms with E-state index in [0.717, 1.165) is 39.8 Å². The van der Waals surface area contributed by atoms with Crippen molar-refractivity contribution >= 4 is 23.1 Å². The highest BCUT2D eigenvalue weighted by Gasteiger charge is 2.16. The molecule has 0 aliphatic rings. The molecule has 1 aromatic heterocycles. The Labute approximate surface area is 194 Å². The van der Waals surface area contributed by atoms with E-state index in [4.69, 9.17) is 9.72 Å². The summed E-state index contributed by atoms with van der Waals surface area (Å²) in [6.07, 6.45) is 0. The molecule has 0 unspecified atom stereocenters. The lowest BCUT2D eigenvalue weighted by Crippen LogP contribution is -2.39. The van der Waals surface area contributed by atoms with E-state index in [1.807, 2.05) is 62.8 Å². The fraction of sp³-hybridized carbons (Fsp3) is 0.360. The van der Waals surface area contributed by atoms with Gasteiger partial charge in [0.15, 0.2) is 0 Å². The summed E-state index contributed by atoms with van der Waals surface area (Å²) >= 11 is 1.56. The Bertz CT molecular complexity index is 1030. The predicted molar refractivity (Wildman–Crippen MR) is 132 cm³/mol. The number of nitrogens with one attached hydrogen (secondary N) is 1. The fourth-order valence-corrected chi connectivity index (χ4v) is 3.81. The second kappa shape index (κ2) is 11.1. The number of nitrogens with zero attached hydrogens (tertiary/aromatic N) is 3. The summed E-state index contributed by atoms with van der Waals surface area (Å²) in [5, 5.41) is 5.90. The molecule has 0 atom stereocenters. The molecular formula is C25H32N4O2S. The van der Waals surface area contributed by atoms with Gasteiger partial charge in [0.05, 0.1) is 12.2 Å². The largest absolute Gasteiger partial charge is 0.486 e. The molecule has 0 fully saturated rings. The van der Waals surface area contributed by atoms with Crippen LogP contribution in [0.1, 0.15) is 27.4 Å². The number of aryl methyl sites for hydroxylation is 2. The Morgan fingerprint density at radius 2 is 1.81 bits per heavy atom. The topological polar surface area (TPSA) is 57.7 Å². The maximum Gasteiger partial charge on any atom is 0.322 e. The quantitative estimate of drug-likeness (QED) is 0.482. The fourth-order valence-electron chi connectivity index (χ4n) is 3.12. The summed E-state index contributed by atoms with van der Waals surface area (Å²) in [5.41, 5.74) is 5.17. The number of thiazole rings is 1. The van der Waals surface area contributed by atoms with E-state index in [-0.39, 0.29) is 6.03 Å². The van der Waals surface area contributed by atoms with Crippen molar-refractivity contribution in [1.29, 1.82) is 0 Å². The molecule has 32 heavy (non-hydrogen) atoms. The van der Waals surface area contributed by atoms with Gasteiger partial charge < -0.3 is 19.9 Å². The number of urea groups is 1. The summed E-state index contributed by atoms with van der Waals surface area (Å²) in [4.78, 5) is 21.5. The summed E-state index contributed by atoms with van der Waals surface area (Å²) < 4.78 is 5.99. The molecule has 7 heteroatoms. The van der Waals surface area contributed by atoms with Crippen LogP contribution in [0.25, 0.3) is 0 Å². The van der Waals surface area contributed by atoms with Crippen molar-refractivity contribution in [3.8, 4) is 5.75 Å². The predicted octanol–water partition coefficient (Wildman–Crippen LogP) is 5.24. The number of carbonyl (C=O) groups excluding carboxylic acids is 1. The number of amides is 2. The zero-order valence-electron chi connectivity index (χ0n) is 19.5. The SMILES string of the molecule is Cc1ccc(NC(=O)N(CCN(C)C)Cc2csc(COc3cccc(C)c3C)n2)cc1.